The largest absolute Gasteiger partial charge is 0.369 e. The molecule has 4 aromatic rings. The summed E-state index contributed by atoms with van der Waals surface area (Å²) in [5.74, 6) is -0.222. The molecule has 40 heavy (non-hydrogen) atoms. The van der Waals surface area contributed by atoms with Crippen molar-refractivity contribution in [1.29, 1.82) is 0 Å². The number of ether oxygens (including phenoxy) is 4. The van der Waals surface area contributed by atoms with Crippen LogP contribution in [0.2, 0.25) is 0 Å². The molecular formula is C35H36O5. The van der Waals surface area contributed by atoms with Crippen molar-refractivity contribution >= 4 is 5.78 Å². The van der Waals surface area contributed by atoms with Crippen LogP contribution in [0.25, 0.3) is 0 Å². The Bertz CT molecular complexity index is 1260. The van der Waals surface area contributed by atoms with Crippen LogP contribution in [0, 0.1) is 0 Å². The lowest BCUT2D eigenvalue weighted by Crippen LogP contribution is -2.47. The molecule has 3 atom stereocenters. The van der Waals surface area contributed by atoms with Gasteiger partial charge in [0.05, 0.1) is 26.4 Å². The Balaban J connectivity index is 1.54. The third-order valence-corrected chi connectivity index (χ3v) is 6.37. The lowest BCUT2D eigenvalue weighted by atomic mass is 10.0. The quantitative estimate of drug-likeness (QED) is 0.140. The lowest BCUT2D eigenvalue weighted by Gasteiger charge is -2.31. The van der Waals surface area contributed by atoms with E-state index in [1.54, 1.807) is 6.08 Å². The monoisotopic (exact) mass is 536 g/mol. The molecule has 5 heteroatoms. The molecule has 0 saturated heterocycles. The smallest absolute Gasteiger partial charge is 0.189 e. The van der Waals surface area contributed by atoms with Crippen LogP contribution in [0.15, 0.2) is 134 Å². The maximum atomic E-state index is 13.7. The second kappa shape index (κ2) is 16.3. The van der Waals surface area contributed by atoms with Gasteiger partial charge in [-0.25, -0.2) is 0 Å². The van der Waals surface area contributed by atoms with Crippen LogP contribution in [0.4, 0.5) is 0 Å². The number of Topliss-reactive ketones (excluding diaryl/α,β-unsaturated/α-hetero) is 1. The second-order valence-corrected chi connectivity index (χ2v) is 9.42. The fraction of sp³-hybridized carbons (Fsp3) is 0.229. The minimum atomic E-state index is -0.946. The summed E-state index contributed by atoms with van der Waals surface area (Å²) in [7, 11) is 0. The van der Waals surface area contributed by atoms with Gasteiger partial charge < -0.3 is 18.9 Å². The summed E-state index contributed by atoms with van der Waals surface area (Å²) in [6.07, 6.45) is -0.630. The van der Waals surface area contributed by atoms with Crippen molar-refractivity contribution in [3.8, 4) is 0 Å². The van der Waals surface area contributed by atoms with Crippen molar-refractivity contribution < 1.29 is 23.7 Å². The topological polar surface area (TPSA) is 54.0 Å². The molecule has 0 spiro atoms. The molecule has 0 aliphatic carbocycles. The highest BCUT2D eigenvalue weighted by Crippen LogP contribution is 2.20. The van der Waals surface area contributed by atoms with Gasteiger partial charge in [-0.15, -0.1) is 6.58 Å². The first-order chi connectivity index (χ1) is 19.7. The van der Waals surface area contributed by atoms with E-state index in [2.05, 4.69) is 6.58 Å². The summed E-state index contributed by atoms with van der Waals surface area (Å²) >= 11 is 0. The first-order valence-corrected chi connectivity index (χ1v) is 13.5. The van der Waals surface area contributed by atoms with E-state index in [1.165, 1.54) is 0 Å². The van der Waals surface area contributed by atoms with E-state index < -0.39 is 18.3 Å². The number of hydrogen-bond donors (Lipinski definition) is 0. The van der Waals surface area contributed by atoms with Gasteiger partial charge in [0.2, 0.25) is 0 Å². The summed E-state index contributed by atoms with van der Waals surface area (Å²) in [4.78, 5) is 13.7. The van der Waals surface area contributed by atoms with E-state index in [0.717, 1.165) is 22.3 Å². The van der Waals surface area contributed by atoms with Crippen LogP contribution in [0.5, 0.6) is 0 Å². The van der Waals surface area contributed by atoms with Gasteiger partial charge in [-0.1, -0.05) is 127 Å². The molecule has 2 unspecified atom stereocenters. The molecule has 0 bridgehead atoms. The highest BCUT2D eigenvalue weighted by atomic mass is 16.6. The van der Waals surface area contributed by atoms with Gasteiger partial charge in [-0.05, 0) is 22.3 Å². The maximum absolute atomic E-state index is 13.7. The normalized spacial score (nSPS) is 13.3. The number of carbonyl (C=O) groups excluding carboxylic acids is 1. The van der Waals surface area contributed by atoms with Gasteiger partial charge in [0, 0.05) is 0 Å². The lowest BCUT2D eigenvalue weighted by molar-refractivity contribution is -0.164. The van der Waals surface area contributed by atoms with Gasteiger partial charge in [0.25, 0.3) is 0 Å². The van der Waals surface area contributed by atoms with Gasteiger partial charge in [-0.2, -0.15) is 0 Å². The predicted molar refractivity (Wildman–Crippen MR) is 156 cm³/mol. The molecular weight excluding hydrogens is 500 g/mol. The summed E-state index contributed by atoms with van der Waals surface area (Å²) in [6, 6.07) is 39.2. The minimum Gasteiger partial charge on any atom is -0.369 e. The number of rotatable bonds is 17. The van der Waals surface area contributed by atoms with E-state index in [9.17, 15) is 4.79 Å². The third-order valence-electron chi connectivity index (χ3n) is 6.37. The molecule has 0 amide bonds. The van der Waals surface area contributed by atoms with Crippen LogP contribution < -0.4 is 0 Å². The number of ketones is 1. The van der Waals surface area contributed by atoms with Crippen LogP contribution in [0.3, 0.4) is 0 Å². The summed E-state index contributed by atoms with van der Waals surface area (Å²) < 4.78 is 24.8. The van der Waals surface area contributed by atoms with Gasteiger partial charge in [0.15, 0.2) is 5.78 Å². The van der Waals surface area contributed by atoms with Crippen molar-refractivity contribution in [3.63, 3.8) is 0 Å². The standard InChI is InChI=1S/C35H36O5/c1-2-33(38-24-29-17-9-4-10-18-29)35(40-26-31-21-13-6-14-22-31)34(39-25-30-19-11-5-12-20-30)32(36)27-37-23-28-15-7-3-8-16-28/h2-22,33-35H,1,23-27H2/t33?,34-,35?/m0/s1. The van der Waals surface area contributed by atoms with Crippen LogP contribution >= 0.6 is 0 Å². The highest BCUT2D eigenvalue weighted by Gasteiger charge is 2.36. The fourth-order valence-corrected chi connectivity index (χ4v) is 4.24. The zero-order valence-corrected chi connectivity index (χ0v) is 22.6. The summed E-state index contributed by atoms with van der Waals surface area (Å²) in [6.45, 7) is 5.07. The van der Waals surface area contributed by atoms with Crippen molar-refractivity contribution in [3.05, 3.63) is 156 Å². The van der Waals surface area contributed by atoms with Gasteiger partial charge >= 0.3 is 0 Å². The number of carbonyl (C=O) groups is 1. The average Bonchev–Trinajstić information content (AvgIpc) is 3.01. The molecule has 0 aliphatic heterocycles. The van der Waals surface area contributed by atoms with Crippen LogP contribution in [-0.4, -0.2) is 30.7 Å². The first kappa shape index (κ1) is 29.1. The van der Waals surface area contributed by atoms with Crippen LogP contribution in [0.1, 0.15) is 22.3 Å². The van der Waals surface area contributed by atoms with Crippen molar-refractivity contribution in [2.75, 3.05) is 6.61 Å². The number of hydrogen-bond acceptors (Lipinski definition) is 5. The molecule has 0 aromatic heterocycles. The molecule has 0 saturated carbocycles. The van der Waals surface area contributed by atoms with E-state index in [1.807, 2.05) is 121 Å². The molecule has 0 aliphatic rings. The molecule has 0 N–H and O–H groups in total. The summed E-state index contributed by atoms with van der Waals surface area (Å²) in [5, 5.41) is 0. The fourth-order valence-electron chi connectivity index (χ4n) is 4.24. The Morgan fingerprint density at radius 3 is 1.43 bits per heavy atom. The van der Waals surface area contributed by atoms with E-state index in [0.29, 0.717) is 13.2 Å². The Morgan fingerprint density at radius 2 is 0.975 bits per heavy atom. The van der Waals surface area contributed by atoms with Crippen molar-refractivity contribution in [2.24, 2.45) is 0 Å². The Kier molecular flexibility index (Phi) is 11.9. The van der Waals surface area contributed by atoms with Gasteiger partial charge in [-0.3, -0.25) is 4.79 Å². The Hall–Kier alpha value is -3.87. The number of benzene rings is 4. The Labute approximate surface area is 237 Å². The molecule has 0 radical (unpaired) electrons. The van der Waals surface area contributed by atoms with Gasteiger partial charge in [0.1, 0.15) is 24.9 Å². The first-order valence-electron chi connectivity index (χ1n) is 13.5. The second-order valence-electron chi connectivity index (χ2n) is 9.42. The van der Waals surface area contributed by atoms with Crippen LogP contribution in [-0.2, 0) is 50.2 Å². The molecule has 4 rings (SSSR count). The maximum Gasteiger partial charge on any atom is 0.189 e. The molecule has 206 valence electrons. The third kappa shape index (κ3) is 9.40. The van der Waals surface area contributed by atoms with E-state index >= 15 is 0 Å². The molecule has 5 nitrogen and oxygen atoms in total. The molecule has 0 heterocycles. The zero-order chi connectivity index (χ0) is 27.8. The average molecular weight is 537 g/mol. The zero-order valence-electron chi connectivity index (χ0n) is 22.6. The molecule has 0 fully saturated rings. The Morgan fingerprint density at radius 1 is 0.575 bits per heavy atom. The SMILES string of the molecule is C=CC(OCc1ccccc1)C(OCc1ccccc1)[C@@H](OCc1ccccc1)C(=O)COCc1ccccc1. The van der Waals surface area contributed by atoms with Crippen molar-refractivity contribution in [1.82, 2.24) is 0 Å². The predicted octanol–water partition coefficient (Wildman–Crippen LogP) is 6.71. The van der Waals surface area contributed by atoms with Crippen molar-refractivity contribution in [2.45, 2.75) is 44.7 Å². The summed E-state index contributed by atoms with van der Waals surface area (Å²) in [5.41, 5.74) is 3.93. The molecule has 4 aromatic carbocycles. The highest BCUT2D eigenvalue weighted by molar-refractivity contribution is 5.85. The minimum absolute atomic E-state index is 0.123. The van der Waals surface area contributed by atoms with E-state index in [4.69, 9.17) is 18.9 Å². The van der Waals surface area contributed by atoms with E-state index in [-0.39, 0.29) is 25.6 Å².